The van der Waals surface area contributed by atoms with Gasteiger partial charge < -0.3 is 15.3 Å². The van der Waals surface area contributed by atoms with E-state index >= 15 is 0 Å². The first-order chi connectivity index (χ1) is 14.9. The van der Waals surface area contributed by atoms with Crippen molar-refractivity contribution in [1.29, 1.82) is 0 Å². The maximum absolute atomic E-state index is 13.0. The quantitative estimate of drug-likeness (QED) is 0.574. The summed E-state index contributed by atoms with van der Waals surface area (Å²) in [6.07, 6.45) is 4.11. The third-order valence-corrected chi connectivity index (χ3v) is 6.36. The molecule has 1 unspecified atom stereocenters. The molecule has 0 spiro atoms. The highest BCUT2D eigenvalue weighted by Gasteiger charge is 2.39. The molecule has 1 aromatic heterocycles. The summed E-state index contributed by atoms with van der Waals surface area (Å²) in [7, 11) is 0. The van der Waals surface area contributed by atoms with E-state index in [0.717, 1.165) is 18.7 Å². The number of nitrogens with one attached hydrogen (secondary N) is 2. The molecule has 31 heavy (non-hydrogen) atoms. The van der Waals surface area contributed by atoms with Gasteiger partial charge in [-0.2, -0.15) is 0 Å². The van der Waals surface area contributed by atoms with Crippen molar-refractivity contribution >= 4 is 17.7 Å². The maximum Gasteiger partial charge on any atom is 0.255 e. The van der Waals surface area contributed by atoms with Crippen LogP contribution in [0, 0.1) is 0 Å². The van der Waals surface area contributed by atoms with Crippen molar-refractivity contribution in [3.63, 3.8) is 0 Å². The van der Waals surface area contributed by atoms with Crippen LogP contribution in [0.3, 0.4) is 0 Å². The zero-order valence-corrected chi connectivity index (χ0v) is 17.0. The molecule has 1 aromatic carbocycles. The smallest absolute Gasteiger partial charge is 0.255 e. The Bertz CT molecular complexity index is 1060. The average Bonchev–Trinajstić information content (AvgIpc) is 3.33. The standard InChI is InChI=1S/C21H24N6O4/c28-18-4-3-17(19(29)23-18)26-11-13-1-2-15(9-16(13)20(26)30)27-12-14(24-25-27)10-21(31)5-7-22-8-6-21/h1-2,9,12,17,22,31H,3-8,10-11H2,(H,23,28,29). The second-order valence-electron chi connectivity index (χ2n) is 8.55. The number of carbonyl (C=O) groups is 3. The summed E-state index contributed by atoms with van der Waals surface area (Å²) in [5.74, 6) is -0.950. The van der Waals surface area contributed by atoms with Crippen LogP contribution < -0.4 is 10.6 Å². The lowest BCUT2D eigenvalue weighted by molar-refractivity contribution is -0.136. The minimum atomic E-state index is -0.775. The number of hydrogen-bond acceptors (Lipinski definition) is 7. The molecule has 2 aromatic rings. The fourth-order valence-electron chi connectivity index (χ4n) is 4.60. The molecule has 3 aliphatic rings. The molecular weight excluding hydrogens is 400 g/mol. The van der Waals surface area contributed by atoms with Gasteiger partial charge in [-0.3, -0.25) is 19.7 Å². The van der Waals surface area contributed by atoms with Crippen molar-refractivity contribution in [3.05, 3.63) is 41.2 Å². The van der Waals surface area contributed by atoms with Gasteiger partial charge in [0.05, 0.1) is 23.2 Å². The fourth-order valence-corrected chi connectivity index (χ4v) is 4.60. The number of hydrogen-bond donors (Lipinski definition) is 3. The summed E-state index contributed by atoms with van der Waals surface area (Å²) >= 11 is 0. The summed E-state index contributed by atoms with van der Waals surface area (Å²) in [5, 5.41) is 24.7. The highest BCUT2D eigenvalue weighted by Crippen LogP contribution is 2.29. The lowest BCUT2D eigenvalue weighted by Gasteiger charge is -2.31. The molecule has 3 N–H and O–H groups in total. The largest absolute Gasteiger partial charge is 0.389 e. The van der Waals surface area contributed by atoms with Gasteiger partial charge in [-0.15, -0.1) is 5.10 Å². The highest BCUT2D eigenvalue weighted by molar-refractivity contribution is 6.05. The highest BCUT2D eigenvalue weighted by atomic mass is 16.3. The minimum Gasteiger partial charge on any atom is -0.389 e. The van der Waals surface area contributed by atoms with Crippen LogP contribution in [-0.4, -0.2) is 67.5 Å². The average molecular weight is 424 g/mol. The van der Waals surface area contributed by atoms with Gasteiger partial charge in [0.15, 0.2) is 0 Å². The molecule has 0 radical (unpaired) electrons. The van der Waals surface area contributed by atoms with Gasteiger partial charge in [-0.1, -0.05) is 11.3 Å². The van der Waals surface area contributed by atoms with Gasteiger partial charge in [-0.25, -0.2) is 4.68 Å². The van der Waals surface area contributed by atoms with Crippen molar-refractivity contribution < 1.29 is 19.5 Å². The van der Waals surface area contributed by atoms with Gasteiger partial charge in [0.2, 0.25) is 11.8 Å². The molecule has 0 bridgehead atoms. The Morgan fingerprint density at radius 2 is 2.00 bits per heavy atom. The normalized spacial score (nSPS) is 23.1. The summed E-state index contributed by atoms with van der Waals surface area (Å²) < 4.78 is 1.60. The van der Waals surface area contributed by atoms with E-state index in [0.29, 0.717) is 49.2 Å². The number of fused-ring (bicyclic) bond motifs is 1. The molecule has 162 valence electrons. The van der Waals surface area contributed by atoms with Crippen LogP contribution in [-0.2, 0) is 22.6 Å². The van der Waals surface area contributed by atoms with Crippen molar-refractivity contribution in [1.82, 2.24) is 30.5 Å². The predicted octanol–water partition coefficient (Wildman–Crippen LogP) is -0.315. The van der Waals surface area contributed by atoms with Crippen molar-refractivity contribution in [2.75, 3.05) is 13.1 Å². The Morgan fingerprint density at radius 1 is 1.19 bits per heavy atom. The first kappa shape index (κ1) is 19.8. The number of amides is 3. The molecule has 4 heterocycles. The molecule has 10 heteroatoms. The van der Waals surface area contributed by atoms with Crippen LogP contribution in [0.15, 0.2) is 24.4 Å². The lowest BCUT2D eigenvalue weighted by atomic mass is 9.88. The van der Waals surface area contributed by atoms with E-state index in [9.17, 15) is 19.5 Å². The number of imide groups is 1. The monoisotopic (exact) mass is 424 g/mol. The van der Waals surface area contributed by atoms with Crippen molar-refractivity contribution in [3.8, 4) is 5.69 Å². The number of carbonyl (C=O) groups excluding carboxylic acids is 3. The Kier molecular flexibility index (Phi) is 4.82. The van der Waals surface area contributed by atoms with Gasteiger partial charge in [0.25, 0.3) is 5.91 Å². The van der Waals surface area contributed by atoms with E-state index in [1.54, 1.807) is 16.9 Å². The minimum absolute atomic E-state index is 0.226. The van der Waals surface area contributed by atoms with Crippen LogP contribution in [0.1, 0.15) is 47.3 Å². The molecular formula is C21H24N6O4. The van der Waals surface area contributed by atoms with Crippen LogP contribution in [0.2, 0.25) is 0 Å². The molecule has 5 rings (SSSR count). The second kappa shape index (κ2) is 7.54. The predicted molar refractivity (Wildman–Crippen MR) is 108 cm³/mol. The number of piperidine rings is 2. The van der Waals surface area contributed by atoms with E-state index in [1.807, 2.05) is 12.1 Å². The third-order valence-electron chi connectivity index (χ3n) is 6.36. The molecule has 3 aliphatic heterocycles. The zero-order valence-electron chi connectivity index (χ0n) is 17.0. The summed E-state index contributed by atoms with van der Waals surface area (Å²) in [5.41, 5.74) is 1.97. The van der Waals surface area contributed by atoms with Crippen molar-refractivity contribution in [2.24, 2.45) is 0 Å². The Morgan fingerprint density at radius 3 is 2.77 bits per heavy atom. The van der Waals surface area contributed by atoms with Crippen LogP contribution in [0.25, 0.3) is 5.69 Å². The SMILES string of the molecule is O=C1CCC(N2Cc3ccc(-n4cc(CC5(O)CCNCC5)nn4)cc3C2=O)C(=O)N1. The van der Waals surface area contributed by atoms with Crippen LogP contribution in [0.5, 0.6) is 0 Å². The molecule has 10 nitrogen and oxygen atoms in total. The van der Waals surface area contributed by atoms with E-state index in [-0.39, 0.29) is 18.2 Å². The number of aliphatic hydroxyl groups is 1. The number of rotatable bonds is 4. The Hall–Kier alpha value is -3.11. The summed E-state index contributed by atoms with van der Waals surface area (Å²) in [4.78, 5) is 38.1. The molecule has 1 atom stereocenters. The lowest BCUT2D eigenvalue weighted by Crippen LogP contribution is -2.52. The molecule has 0 saturated carbocycles. The zero-order chi connectivity index (χ0) is 21.6. The van der Waals surface area contributed by atoms with Crippen LogP contribution in [0.4, 0.5) is 0 Å². The van der Waals surface area contributed by atoms with Gasteiger partial charge in [0, 0.05) is 24.9 Å². The van der Waals surface area contributed by atoms with Crippen LogP contribution >= 0.6 is 0 Å². The summed E-state index contributed by atoms with van der Waals surface area (Å²) in [6, 6.07) is 4.83. The Balaban J connectivity index is 1.34. The topological polar surface area (TPSA) is 129 Å². The van der Waals surface area contributed by atoms with Gasteiger partial charge in [0.1, 0.15) is 6.04 Å². The molecule has 2 fully saturated rings. The first-order valence-corrected chi connectivity index (χ1v) is 10.5. The number of aromatic nitrogens is 3. The van der Waals surface area contributed by atoms with E-state index in [2.05, 4.69) is 20.9 Å². The van der Waals surface area contributed by atoms with E-state index in [1.165, 1.54) is 4.90 Å². The van der Waals surface area contributed by atoms with Gasteiger partial charge in [-0.05, 0) is 50.0 Å². The third kappa shape index (κ3) is 3.72. The van der Waals surface area contributed by atoms with Gasteiger partial charge >= 0.3 is 0 Å². The maximum atomic E-state index is 13.0. The molecule has 3 amide bonds. The number of nitrogens with zero attached hydrogens (tertiary/aromatic N) is 4. The Labute approximate surface area is 178 Å². The first-order valence-electron chi connectivity index (χ1n) is 10.5. The molecule has 2 saturated heterocycles. The van der Waals surface area contributed by atoms with E-state index in [4.69, 9.17) is 0 Å². The fraction of sp³-hybridized carbons (Fsp3) is 0.476. The summed E-state index contributed by atoms with van der Waals surface area (Å²) in [6.45, 7) is 1.90. The second-order valence-corrected chi connectivity index (χ2v) is 8.55. The van der Waals surface area contributed by atoms with E-state index < -0.39 is 17.6 Å². The number of benzene rings is 1. The van der Waals surface area contributed by atoms with Crippen molar-refractivity contribution in [2.45, 2.75) is 50.3 Å². The molecule has 0 aliphatic carbocycles.